The Morgan fingerprint density at radius 2 is 1.42 bits per heavy atom. The number of benzene rings is 2. The summed E-state index contributed by atoms with van der Waals surface area (Å²) in [5, 5.41) is 2.76. The third-order valence-corrected chi connectivity index (χ3v) is 4.50. The second-order valence-electron chi connectivity index (χ2n) is 6.71. The molecular weight excluding hydrogens is 322 g/mol. The van der Waals surface area contributed by atoms with Crippen LogP contribution in [-0.4, -0.2) is 6.09 Å². The lowest BCUT2D eigenvalue weighted by Gasteiger charge is -2.11. The van der Waals surface area contributed by atoms with Crippen molar-refractivity contribution in [3.05, 3.63) is 60.2 Å². The number of carbonyl (C=O) groups is 1. The Morgan fingerprint density at radius 3 is 2.15 bits per heavy atom. The molecule has 0 fully saturated rings. The minimum atomic E-state index is -0.445. The van der Waals surface area contributed by atoms with Crippen LogP contribution < -0.4 is 10.1 Å². The van der Waals surface area contributed by atoms with Gasteiger partial charge < -0.3 is 4.74 Å². The Balaban J connectivity index is 1.74. The normalized spacial score (nSPS) is 10.5. The van der Waals surface area contributed by atoms with E-state index in [0.29, 0.717) is 5.75 Å². The van der Waals surface area contributed by atoms with Gasteiger partial charge in [0.1, 0.15) is 5.75 Å². The van der Waals surface area contributed by atoms with E-state index in [2.05, 4.69) is 12.2 Å². The molecule has 0 heterocycles. The molecule has 0 aromatic heterocycles. The van der Waals surface area contributed by atoms with E-state index in [1.807, 2.05) is 54.6 Å². The van der Waals surface area contributed by atoms with E-state index >= 15 is 0 Å². The molecule has 0 spiro atoms. The van der Waals surface area contributed by atoms with E-state index in [-0.39, 0.29) is 0 Å². The van der Waals surface area contributed by atoms with Crippen LogP contribution in [0.25, 0.3) is 0 Å². The van der Waals surface area contributed by atoms with Crippen LogP contribution in [0.2, 0.25) is 0 Å². The van der Waals surface area contributed by atoms with Crippen LogP contribution in [0.15, 0.2) is 54.6 Å². The molecular formula is C23H31NO2. The van der Waals surface area contributed by atoms with Gasteiger partial charge in [-0.3, -0.25) is 5.32 Å². The predicted octanol–water partition coefficient (Wildman–Crippen LogP) is 6.98. The summed E-state index contributed by atoms with van der Waals surface area (Å²) in [4.78, 5) is 12.1. The minimum Gasteiger partial charge on any atom is -0.410 e. The fourth-order valence-corrected chi connectivity index (χ4v) is 3.02. The van der Waals surface area contributed by atoms with Crippen molar-refractivity contribution in [2.24, 2.45) is 0 Å². The highest BCUT2D eigenvalue weighted by Crippen LogP contribution is 2.21. The molecule has 2 aromatic carbocycles. The highest BCUT2D eigenvalue weighted by Gasteiger charge is 2.09. The van der Waals surface area contributed by atoms with Crippen molar-refractivity contribution in [3.8, 4) is 5.75 Å². The molecule has 1 N–H and O–H groups in total. The third-order valence-electron chi connectivity index (χ3n) is 4.50. The highest BCUT2D eigenvalue weighted by molar-refractivity contribution is 5.86. The van der Waals surface area contributed by atoms with E-state index in [1.165, 1.54) is 44.9 Å². The van der Waals surface area contributed by atoms with Crippen molar-refractivity contribution in [2.45, 2.75) is 64.7 Å². The maximum Gasteiger partial charge on any atom is 0.417 e. The number of anilines is 1. The summed E-state index contributed by atoms with van der Waals surface area (Å²) in [5.74, 6) is 0.656. The van der Waals surface area contributed by atoms with Crippen LogP contribution in [0, 0.1) is 0 Å². The second-order valence-corrected chi connectivity index (χ2v) is 6.71. The first-order valence-corrected chi connectivity index (χ1v) is 9.91. The smallest absolute Gasteiger partial charge is 0.410 e. The summed E-state index contributed by atoms with van der Waals surface area (Å²) >= 11 is 0. The zero-order valence-corrected chi connectivity index (χ0v) is 15.9. The molecule has 0 atom stereocenters. The number of hydrogen-bond acceptors (Lipinski definition) is 2. The average Bonchev–Trinajstić information content (AvgIpc) is 2.66. The lowest BCUT2D eigenvalue weighted by molar-refractivity contribution is 0.214. The molecule has 3 heteroatoms. The molecule has 0 aliphatic rings. The van der Waals surface area contributed by atoms with E-state index < -0.39 is 6.09 Å². The number of nitrogens with one attached hydrogen (secondary N) is 1. The molecule has 26 heavy (non-hydrogen) atoms. The van der Waals surface area contributed by atoms with E-state index in [0.717, 1.165) is 24.1 Å². The number of aryl methyl sites for hydroxylation is 1. The van der Waals surface area contributed by atoms with E-state index in [9.17, 15) is 4.79 Å². The molecule has 0 aliphatic heterocycles. The molecule has 1 amide bonds. The van der Waals surface area contributed by atoms with Crippen molar-refractivity contribution in [2.75, 3.05) is 5.32 Å². The Bertz CT molecular complexity index is 640. The molecule has 0 saturated heterocycles. The molecule has 0 saturated carbocycles. The first-order chi connectivity index (χ1) is 12.8. The lowest BCUT2D eigenvalue weighted by atomic mass is 10.0. The maximum atomic E-state index is 12.1. The fourth-order valence-electron chi connectivity index (χ4n) is 3.02. The van der Waals surface area contributed by atoms with E-state index in [1.54, 1.807) is 0 Å². The summed E-state index contributed by atoms with van der Waals surface area (Å²) < 4.78 is 5.52. The molecule has 2 aromatic rings. The monoisotopic (exact) mass is 353 g/mol. The first kappa shape index (κ1) is 20.0. The third kappa shape index (κ3) is 7.73. The number of amides is 1. The van der Waals surface area contributed by atoms with Crippen molar-refractivity contribution in [3.63, 3.8) is 0 Å². The van der Waals surface area contributed by atoms with Crippen LogP contribution in [0.5, 0.6) is 5.75 Å². The lowest BCUT2D eigenvalue weighted by Crippen LogP contribution is -2.17. The van der Waals surface area contributed by atoms with Gasteiger partial charge in [-0.25, -0.2) is 4.79 Å². The number of unbranched alkanes of at least 4 members (excludes halogenated alkanes) is 7. The number of para-hydroxylation sites is 2. The van der Waals surface area contributed by atoms with Gasteiger partial charge in [-0.2, -0.15) is 0 Å². The summed E-state index contributed by atoms with van der Waals surface area (Å²) in [6.45, 7) is 2.25. The summed E-state index contributed by atoms with van der Waals surface area (Å²) in [6.07, 6.45) is 10.9. The van der Waals surface area contributed by atoms with Crippen molar-refractivity contribution in [1.29, 1.82) is 0 Å². The molecule has 0 aliphatic carbocycles. The molecule has 140 valence electrons. The Labute approximate surface area is 157 Å². The molecule has 0 unspecified atom stereocenters. The Kier molecular flexibility index (Phi) is 9.34. The van der Waals surface area contributed by atoms with Gasteiger partial charge in [0.2, 0.25) is 0 Å². The number of hydrogen-bond donors (Lipinski definition) is 1. The molecule has 0 bridgehead atoms. The molecule has 3 nitrogen and oxygen atoms in total. The van der Waals surface area contributed by atoms with Gasteiger partial charge in [-0.05, 0) is 36.6 Å². The standard InChI is InChI=1S/C23H31NO2/c1-2-3-4-5-6-7-8-10-15-20-16-13-14-19-22(20)26-23(25)24-21-17-11-9-12-18-21/h9,11-14,16-19H,2-8,10,15H2,1H3,(H,24,25). The molecule has 2 rings (SSSR count). The van der Waals surface area contributed by atoms with Crippen molar-refractivity contribution in [1.82, 2.24) is 0 Å². The fraction of sp³-hybridized carbons (Fsp3) is 0.435. The maximum absolute atomic E-state index is 12.1. The Hall–Kier alpha value is -2.29. The van der Waals surface area contributed by atoms with Crippen LogP contribution in [0.1, 0.15) is 63.9 Å². The summed E-state index contributed by atoms with van der Waals surface area (Å²) in [7, 11) is 0. The van der Waals surface area contributed by atoms with Gasteiger partial charge in [0.25, 0.3) is 0 Å². The predicted molar refractivity (Wildman–Crippen MR) is 109 cm³/mol. The second kappa shape index (κ2) is 12.1. The van der Waals surface area contributed by atoms with Crippen LogP contribution in [0.4, 0.5) is 10.5 Å². The quantitative estimate of drug-likeness (QED) is 0.442. The zero-order chi connectivity index (χ0) is 18.5. The van der Waals surface area contributed by atoms with Crippen LogP contribution in [-0.2, 0) is 6.42 Å². The van der Waals surface area contributed by atoms with Crippen molar-refractivity contribution >= 4 is 11.8 Å². The SMILES string of the molecule is CCCCCCCCCCc1ccccc1OC(=O)Nc1ccccc1. The van der Waals surface area contributed by atoms with Crippen LogP contribution in [0.3, 0.4) is 0 Å². The number of carbonyl (C=O) groups excluding carboxylic acids is 1. The van der Waals surface area contributed by atoms with Gasteiger partial charge in [0.05, 0.1) is 0 Å². The first-order valence-electron chi connectivity index (χ1n) is 9.91. The van der Waals surface area contributed by atoms with E-state index in [4.69, 9.17) is 4.74 Å². The molecule has 0 radical (unpaired) electrons. The Morgan fingerprint density at radius 1 is 0.808 bits per heavy atom. The highest BCUT2D eigenvalue weighted by atomic mass is 16.6. The van der Waals surface area contributed by atoms with Gasteiger partial charge >= 0.3 is 6.09 Å². The van der Waals surface area contributed by atoms with Gasteiger partial charge in [-0.1, -0.05) is 88.3 Å². The number of rotatable bonds is 11. The number of ether oxygens (including phenoxy) is 1. The van der Waals surface area contributed by atoms with Gasteiger partial charge in [-0.15, -0.1) is 0 Å². The summed E-state index contributed by atoms with van der Waals surface area (Å²) in [6, 6.07) is 17.2. The largest absolute Gasteiger partial charge is 0.417 e. The minimum absolute atomic E-state index is 0.445. The zero-order valence-electron chi connectivity index (χ0n) is 15.9. The van der Waals surface area contributed by atoms with Gasteiger partial charge in [0.15, 0.2) is 0 Å². The topological polar surface area (TPSA) is 38.3 Å². The van der Waals surface area contributed by atoms with Crippen LogP contribution >= 0.6 is 0 Å². The average molecular weight is 354 g/mol. The van der Waals surface area contributed by atoms with Gasteiger partial charge in [0, 0.05) is 5.69 Å². The summed E-state index contributed by atoms with van der Waals surface area (Å²) in [5.41, 5.74) is 1.83. The van der Waals surface area contributed by atoms with Crippen molar-refractivity contribution < 1.29 is 9.53 Å².